The Bertz CT molecular complexity index is 747. The van der Waals surface area contributed by atoms with Crippen LogP contribution in [-0.4, -0.2) is 57.4 Å². The number of benzene rings is 1. The summed E-state index contributed by atoms with van der Waals surface area (Å²) in [7, 11) is 0. The Hall–Kier alpha value is -2.41. The predicted molar refractivity (Wildman–Crippen MR) is 102 cm³/mol. The van der Waals surface area contributed by atoms with Crippen LogP contribution in [0.3, 0.4) is 0 Å². The molecule has 3 aliphatic rings. The van der Waals surface area contributed by atoms with E-state index in [9.17, 15) is 19.5 Å². The van der Waals surface area contributed by atoms with E-state index in [1.807, 2.05) is 6.07 Å². The Kier molecular flexibility index (Phi) is 5.35. The van der Waals surface area contributed by atoms with Gasteiger partial charge in [0.2, 0.25) is 0 Å². The third kappa shape index (κ3) is 3.51. The lowest BCUT2D eigenvalue weighted by Gasteiger charge is -2.33. The minimum atomic E-state index is -1.24. The summed E-state index contributed by atoms with van der Waals surface area (Å²) in [5.74, 6) is -0.593. The summed E-state index contributed by atoms with van der Waals surface area (Å²) < 4.78 is 0. The Morgan fingerprint density at radius 2 is 1.79 bits per heavy atom. The number of piperidine rings is 1. The van der Waals surface area contributed by atoms with Crippen LogP contribution in [0.4, 0.5) is 4.79 Å². The van der Waals surface area contributed by atoms with Gasteiger partial charge in [-0.15, -0.1) is 0 Å². The molecule has 3 fully saturated rings. The molecule has 0 radical (unpaired) electrons. The van der Waals surface area contributed by atoms with Crippen LogP contribution >= 0.6 is 0 Å². The third-order valence-electron chi connectivity index (χ3n) is 6.23. The second kappa shape index (κ2) is 7.91. The van der Waals surface area contributed by atoms with Crippen LogP contribution in [0, 0.1) is 0 Å². The van der Waals surface area contributed by atoms with Gasteiger partial charge in [0.15, 0.2) is 6.10 Å². The van der Waals surface area contributed by atoms with E-state index < -0.39 is 18.1 Å². The van der Waals surface area contributed by atoms with E-state index in [1.54, 1.807) is 29.2 Å². The molecule has 3 unspecified atom stereocenters. The van der Waals surface area contributed by atoms with Crippen LogP contribution in [-0.2, 0) is 9.59 Å². The van der Waals surface area contributed by atoms with E-state index in [-0.39, 0.29) is 24.0 Å². The van der Waals surface area contributed by atoms with E-state index in [2.05, 4.69) is 5.32 Å². The topological polar surface area (TPSA) is 90.0 Å². The molecule has 4 amide bonds. The molecule has 1 aromatic rings. The average molecular weight is 385 g/mol. The number of aliphatic hydroxyl groups is 1. The minimum Gasteiger partial charge on any atom is -0.378 e. The number of carbonyl (C=O) groups is 3. The van der Waals surface area contributed by atoms with Gasteiger partial charge in [-0.3, -0.25) is 14.5 Å². The van der Waals surface area contributed by atoms with Gasteiger partial charge in [-0.25, -0.2) is 4.79 Å². The van der Waals surface area contributed by atoms with Crippen molar-refractivity contribution in [2.24, 2.45) is 0 Å². The number of carbonyl (C=O) groups excluding carboxylic acids is 3. The van der Waals surface area contributed by atoms with Gasteiger partial charge in [-0.05, 0) is 31.2 Å². The Balaban J connectivity index is 1.39. The average Bonchev–Trinajstić information content (AvgIpc) is 2.98. The van der Waals surface area contributed by atoms with Gasteiger partial charge in [0, 0.05) is 18.6 Å². The molecule has 7 nitrogen and oxygen atoms in total. The number of hydrogen-bond acceptors (Lipinski definition) is 4. The lowest BCUT2D eigenvalue weighted by molar-refractivity contribution is -0.133. The highest BCUT2D eigenvalue weighted by Crippen LogP contribution is 2.32. The molecule has 0 aromatic heterocycles. The summed E-state index contributed by atoms with van der Waals surface area (Å²) >= 11 is 0. The monoisotopic (exact) mass is 385 g/mol. The first kappa shape index (κ1) is 18.9. The molecule has 150 valence electrons. The van der Waals surface area contributed by atoms with Crippen molar-refractivity contribution in [1.82, 2.24) is 15.1 Å². The summed E-state index contributed by atoms with van der Waals surface area (Å²) in [6.07, 6.45) is 4.81. The first-order valence-corrected chi connectivity index (χ1v) is 10.2. The van der Waals surface area contributed by atoms with Crippen LogP contribution in [0.15, 0.2) is 30.3 Å². The van der Waals surface area contributed by atoms with Crippen molar-refractivity contribution in [3.05, 3.63) is 35.9 Å². The molecule has 7 heteroatoms. The van der Waals surface area contributed by atoms with Crippen molar-refractivity contribution in [2.45, 2.75) is 69.2 Å². The zero-order chi connectivity index (χ0) is 19.7. The lowest BCUT2D eigenvalue weighted by atomic mass is 9.93. The van der Waals surface area contributed by atoms with Crippen LogP contribution < -0.4 is 5.32 Å². The molecule has 2 heterocycles. The molecule has 4 rings (SSSR count). The normalized spacial score (nSPS) is 26.9. The summed E-state index contributed by atoms with van der Waals surface area (Å²) in [5.41, 5.74) is 0.535. The van der Waals surface area contributed by atoms with Crippen molar-refractivity contribution in [2.75, 3.05) is 6.54 Å². The quantitative estimate of drug-likeness (QED) is 0.776. The molecule has 0 bridgehead atoms. The largest absolute Gasteiger partial charge is 0.378 e. The van der Waals surface area contributed by atoms with Gasteiger partial charge in [0.1, 0.15) is 6.04 Å². The maximum absolute atomic E-state index is 12.9. The van der Waals surface area contributed by atoms with Gasteiger partial charge < -0.3 is 15.3 Å². The van der Waals surface area contributed by atoms with E-state index in [4.69, 9.17) is 0 Å². The first-order valence-electron chi connectivity index (χ1n) is 10.2. The molecular weight excluding hydrogens is 358 g/mol. The van der Waals surface area contributed by atoms with Gasteiger partial charge in [-0.1, -0.05) is 49.6 Å². The fourth-order valence-electron chi connectivity index (χ4n) is 4.69. The van der Waals surface area contributed by atoms with Crippen molar-refractivity contribution >= 4 is 17.8 Å². The molecule has 1 aromatic carbocycles. The first-order chi connectivity index (χ1) is 13.6. The van der Waals surface area contributed by atoms with E-state index in [0.717, 1.165) is 32.1 Å². The van der Waals surface area contributed by atoms with Crippen LogP contribution in [0.1, 0.15) is 56.6 Å². The summed E-state index contributed by atoms with van der Waals surface area (Å²) in [6, 6.07) is 7.90. The Morgan fingerprint density at radius 1 is 1.07 bits per heavy atom. The van der Waals surface area contributed by atoms with Gasteiger partial charge in [-0.2, -0.15) is 0 Å². The molecule has 0 spiro atoms. The number of rotatable bonds is 4. The van der Waals surface area contributed by atoms with E-state index in [1.165, 1.54) is 4.90 Å². The van der Waals surface area contributed by atoms with Gasteiger partial charge in [0.25, 0.3) is 11.8 Å². The Labute approximate surface area is 164 Å². The zero-order valence-corrected chi connectivity index (χ0v) is 15.9. The maximum atomic E-state index is 12.9. The molecule has 1 saturated carbocycles. The second-order valence-electron chi connectivity index (χ2n) is 8.03. The molecule has 2 N–H and O–H groups in total. The summed E-state index contributed by atoms with van der Waals surface area (Å²) in [6.45, 7) is 0.449. The fourth-order valence-corrected chi connectivity index (χ4v) is 4.69. The van der Waals surface area contributed by atoms with Crippen molar-refractivity contribution in [3.8, 4) is 0 Å². The number of urea groups is 1. The summed E-state index contributed by atoms with van der Waals surface area (Å²) in [4.78, 5) is 41.3. The molecule has 3 atom stereocenters. The zero-order valence-electron chi connectivity index (χ0n) is 15.9. The van der Waals surface area contributed by atoms with Crippen molar-refractivity contribution in [3.63, 3.8) is 0 Å². The number of nitrogens with one attached hydrogen (secondary N) is 1. The lowest BCUT2D eigenvalue weighted by Crippen LogP contribution is -2.50. The number of aliphatic hydroxyl groups excluding tert-OH is 1. The third-order valence-corrected chi connectivity index (χ3v) is 6.23. The number of nitrogens with zero attached hydrogens (tertiary/aromatic N) is 2. The molecular formula is C21H27N3O4. The van der Waals surface area contributed by atoms with Gasteiger partial charge in [0.05, 0.1) is 0 Å². The van der Waals surface area contributed by atoms with Crippen molar-refractivity contribution < 1.29 is 19.5 Å². The maximum Gasteiger partial charge on any atom is 0.327 e. The SMILES string of the molecule is O=C(NC1CCN2C(=O)N(C3CCCCC3)C(=O)C2C1)C(O)c1ccccc1. The molecule has 2 aliphatic heterocycles. The standard InChI is InChI=1S/C21H27N3O4/c25-18(14-7-3-1-4-8-14)19(26)22-15-11-12-23-17(13-15)20(27)24(21(23)28)16-9-5-2-6-10-16/h1,3-4,7-8,15-18,25H,2,5-6,9-13H2,(H,22,26). The molecule has 1 aliphatic carbocycles. The van der Waals surface area contributed by atoms with Crippen LogP contribution in [0.25, 0.3) is 0 Å². The van der Waals surface area contributed by atoms with Crippen LogP contribution in [0.5, 0.6) is 0 Å². The predicted octanol–water partition coefficient (Wildman–Crippen LogP) is 1.96. The smallest absolute Gasteiger partial charge is 0.327 e. The highest BCUT2D eigenvalue weighted by atomic mass is 16.3. The summed E-state index contributed by atoms with van der Waals surface area (Å²) in [5, 5.41) is 13.1. The van der Waals surface area contributed by atoms with E-state index >= 15 is 0 Å². The molecule has 28 heavy (non-hydrogen) atoms. The number of hydrogen-bond donors (Lipinski definition) is 2. The van der Waals surface area contributed by atoms with Gasteiger partial charge >= 0.3 is 6.03 Å². The second-order valence-corrected chi connectivity index (χ2v) is 8.03. The number of imide groups is 1. The van der Waals surface area contributed by atoms with Crippen LogP contribution in [0.2, 0.25) is 0 Å². The Morgan fingerprint density at radius 3 is 2.50 bits per heavy atom. The fraction of sp³-hybridized carbons (Fsp3) is 0.571. The number of amides is 4. The highest BCUT2D eigenvalue weighted by Gasteiger charge is 2.50. The highest BCUT2D eigenvalue weighted by molar-refractivity contribution is 6.04. The molecule has 2 saturated heterocycles. The van der Waals surface area contributed by atoms with Crippen molar-refractivity contribution in [1.29, 1.82) is 0 Å². The van der Waals surface area contributed by atoms with E-state index in [0.29, 0.717) is 24.9 Å². The number of fused-ring (bicyclic) bond motifs is 1. The minimum absolute atomic E-state index is 0.0206.